The van der Waals surface area contributed by atoms with Crippen molar-refractivity contribution < 1.29 is 4.79 Å². The van der Waals surface area contributed by atoms with Crippen LogP contribution in [0, 0.1) is 0 Å². The highest BCUT2D eigenvalue weighted by Crippen LogP contribution is 2.12. The number of carbonyl (C=O) groups is 1. The molecular formula is C17H19N3O. The van der Waals surface area contributed by atoms with Crippen LogP contribution in [0.4, 0.5) is 5.69 Å². The lowest BCUT2D eigenvalue weighted by Gasteiger charge is -2.17. The topological polar surface area (TPSA) is 45.2 Å². The van der Waals surface area contributed by atoms with Crippen molar-refractivity contribution >= 4 is 11.6 Å². The standard InChI is InChI=1S/C17H19N3O/c1-3-9-19-16-10-15(11-18-12-16)17(21)20(2)13-14-7-5-4-6-8-14/h3-8,10-12,19H,1,9,13H2,2H3. The Morgan fingerprint density at radius 3 is 2.81 bits per heavy atom. The number of pyridine rings is 1. The Kier molecular flexibility index (Phi) is 5.10. The zero-order valence-electron chi connectivity index (χ0n) is 12.1. The number of benzene rings is 1. The zero-order chi connectivity index (χ0) is 15.1. The number of hydrogen-bond donors (Lipinski definition) is 1. The van der Waals surface area contributed by atoms with Gasteiger partial charge in [-0.15, -0.1) is 6.58 Å². The lowest BCUT2D eigenvalue weighted by atomic mass is 10.2. The molecule has 0 saturated carbocycles. The molecule has 1 N–H and O–H groups in total. The van der Waals surface area contributed by atoms with Crippen molar-refractivity contribution in [3.63, 3.8) is 0 Å². The predicted octanol–water partition coefficient (Wildman–Crippen LogP) is 2.95. The molecule has 1 amide bonds. The Morgan fingerprint density at radius 1 is 1.33 bits per heavy atom. The van der Waals surface area contributed by atoms with Crippen LogP contribution >= 0.6 is 0 Å². The Bertz CT molecular complexity index is 610. The molecule has 0 atom stereocenters. The summed E-state index contributed by atoms with van der Waals surface area (Å²) in [7, 11) is 1.79. The van der Waals surface area contributed by atoms with Crippen LogP contribution in [0.25, 0.3) is 0 Å². The first-order chi connectivity index (χ1) is 10.2. The maximum Gasteiger partial charge on any atom is 0.255 e. The van der Waals surface area contributed by atoms with E-state index in [4.69, 9.17) is 0 Å². The zero-order valence-corrected chi connectivity index (χ0v) is 12.1. The number of carbonyl (C=O) groups excluding carboxylic acids is 1. The molecule has 0 unspecified atom stereocenters. The number of anilines is 1. The molecule has 4 heteroatoms. The molecule has 1 heterocycles. The molecule has 0 saturated heterocycles. The highest BCUT2D eigenvalue weighted by atomic mass is 16.2. The van der Waals surface area contributed by atoms with E-state index in [1.165, 1.54) is 0 Å². The van der Waals surface area contributed by atoms with E-state index in [0.717, 1.165) is 11.3 Å². The van der Waals surface area contributed by atoms with Crippen LogP contribution in [0.15, 0.2) is 61.4 Å². The first kappa shape index (κ1) is 14.8. The maximum absolute atomic E-state index is 12.4. The average molecular weight is 281 g/mol. The Labute approximate surface area is 125 Å². The van der Waals surface area contributed by atoms with Crippen LogP contribution in [0.5, 0.6) is 0 Å². The monoisotopic (exact) mass is 281 g/mol. The number of rotatable bonds is 6. The summed E-state index contributed by atoms with van der Waals surface area (Å²) in [5.41, 5.74) is 2.48. The molecule has 0 radical (unpaired) electrons. The van der Waals surface area contributed by atoms with Crippen LogP contribution in [-0.2, 0) is 6.54 Å². The van der Waals surface area contributed by atoms with Gasteiger partial charge in [-0.25, -0.2) is 0 Å². The Morgan fingerprint density at radius 2 is 2.10 bits per heavy atom. The van der Waals surface area contributed by atoms with E-state index in [9.17, 15) is 4.79 Å². The quantitative estimate of drug-likeness (QED) is 0.828. The number of nitrogens with zero attached hydrogens (tertiary/aromatic N) is 2. The van der Waals surface area contributed by atoms with E-state index in [1.54, 1.807) is 36.5 Å². The fourth-order valence-electron chi connectivity index (χ4n) is 1.99. The molecule has 1 aromatic carbocycles. The van der Waals surface area contributed by atoms with Crippen molar-refractivity contribution in [1.82, 2.24) is 9.88 Å². The van der Waals surface area contributed by atoms with Gasteiger partial charge in [0.25, 0.3) is 5.91 Å². The second-order valence-electron chi connectivity index (χ2n) is 4.78. The number of nitrogens with one attached hydrogen (secondary N) is 1. The summed E-state index contributed by atoms with van der Waals surface area (Å²) in [6.45, 7) is 4.86. The summed E-state index contributed by atoms with van der Waals surface area (Å²) in [5, 5.41) is 3.13. The van der Waals surface area contributed by atoms with Gasteiger partial charge in [0.1, 0.15) is 0 Å². The Balaban J connectivity index is 2.06. The molecule has 0 aliphatic rings. The number of aromatic nitrogens is 1. The predicted molar refractivity (Wildman–Crippen MR) is 85.2 cm³/mol. The van der Waals surface area contributed by atoms with Gasteiger partial charge in [-0.05, 0) is 11.6 Å². The largest absolute Gasteiger partial charge is 0.380 e. The second-order valence-corrected chi connectivity index (χ2v) is 4.78. The van der Waals surface area contributed by atoms with Crippen LogP contribution in [0.3, 0.4) is 0 Å². The van der Waals surface area contributed by atoms with Crippen molar-refractivity contribution in [2.45, 2.75) is 6.54 Å². The summed E-state index contributed by atoms with van der Waals surface area (Å²) in [5.74, 6) is -0.0476. The second kappa shape index (κ2) is 7.24. The summed E-state index contributed by atoms with van der Waals surface area (Å²) < 4.78 is 0. The molecule has 0 spiro atoms. The van der Waals surface area contributed by atoms with E-state index in [0.29, 0.717) is 18.7 Å². The highest BCUT2D eigenvalue weighted by molar-refractivity contribution is 5.94. The van der Waals surface area contributed by atoms with Crippen molar-refractivity contribution in [3.8, 4) is 0 Å². The van der Waals surface area contributed by atoms with Gasteiger partial charge in [0.05, 0.1) is 11.3 Å². The van der Waals surface area contributed by atoms with E-state index < -0.39 is 0 Å². The average Bonchev–Trinajstić information content (AvgIpc) is 2.53. The summed E-state index contributed by atoms with van der Waals surface area (Å²) >= 11 is 0. The molecule has 0 aliphatic carbocycles. The molecule has 108 valence electrons. The molecule has 21 heavy (non-hydrogen) atoms. The van der Waals surface area contributed by atoms with E-state index in [1.807, 2.05) is 30.3 Å². The third-order valence-corrected chi connectivity index (χ3v) is 3.04. The van der Waals surface area contributed by atoms with Gasteiger partial charge in [-0.2, -0.15) is 0 Å². The summed E-state index contributed by atoms with van der Waals surface area (Å²) in [4.78, 5) is 18.2. The fraction of sp³-hybridized carbons (Fsp3) is 0.176. The number of hydrogen-bond acceptors (Lipinski definition) is 3. The van der Waals surface area contributed by atoms with Crippen molar-refractivity contribution in [3.05, 3.63) is 72.6 Å². The minimum absolute atomic E-state index is 0.0476. The lowest BCUT2D eigenvalue weighted by Crippen LogP contribution is -2.26. The summed E-state index contributed by atoms with van der Waals surface area (Å²) in [6.07, 6.45) is 5.04. The molecule has 0 fully saturated rings. The Hall–Kier alpha value is -2.62. The first-order valence-corrected chi connectivity index (χ1v) is 6.80. The van der Waals surface area contributed by atoms with E-state index in [-0.39, 0.29) is 5.91 Å². The first-order valence-electron chi connectivity index (χ1n) is 6.80. The normalized spacial score (nSPS) is 9.95. The number of amides is 1. The van der Waals surface area contributed by atoms with Crippen LogP contribution in [0.1, 0.15) is 15.9 Å². The molecule has 2 aromatic rings. The lowest BCUT2D eigenvalue weighted by molar-refractivity contribution is 0.0784. The van der Waals surface area contributed by atoms with Crippen LogP contribution in [0.2, 0.25) is 0 Å². The minimum Gasteiger partial charge on any atom is -0.380 e. The van der Waals surface area contributed by atoms with E-state index in [2.05, 4.69) is 16.9 Å². The van der Waals surface area contributed by atoms with Crippen LogP contribution in [-0.4, -0.2) is 29.4 Å². The molecular weight excluding hydrogens is 262 g/mol. The van der Waals surface area contributed by atoms with Gasteiger partial charge in [-0.3, -0.25) is 9.78 Å². The smallest absolute Gasteiger partial charge is 0.255 e. The van der Waals surface area contributed by atoms with Gasteiger partial charge >= 0.3 is 0 Å². The van der Waals surface area contributed by atoms with Gasteiger partial charge in [0.2, 0.25) is 0 Å². The third-order valence-electron chi connectivity index (χ3n) is 3.04. The van der Waals surface area contributed by atoms with Crippen molar-refractivity contribution in [2.24, 2.45) is 0 Å². The minimum atomic E-state index is -0.0476. The molecule has 4 nitrogen and oxygen atoms in total. The van der Waals surface area contributed by atoms with Crippen molar-refractivity contribution in [1.29, 1.82) is 0 Å². The maximum atomic E-state index is 12.4. The summed E-state index contributed by atoms with van der Waals surface area (Å²) in [6, 6.07) is 11.7. The fourth-order valence-corrected chi connectivity index (χ4v) is 1.99. The van der Waals surface area contributed by atoms with Gasteiger partial charge in [0.15, 0.2) is 0 Å². The van der Waals surface area contributed by atoms with Gasteiger partial charge in [0, 0.05) is 32.5 Å². The van der Waals surface area contributed by atoms with Crippen molar-refractivity contribution in [2.75, 3.05) is 18.9 Å². The highest BCUT2D eigenvalue weighted by Gasteiger charge is 2.12. The molecule has 1 aromatic heterocycles. The SMILES string of the molecule is C=CCNc1cncc(C(=O)N(C)Cc2ccccc2)c1. The van der Waals surface area contributed by atoms with Gasteiger partial charge < -0.3 is 10.2 Å². The van der Waals surface area contributed by atoms with E-state index >= 15 is 0 Å². The third kappa shape index (κ3) is 4.18. The van der Waals surface area contributed by atoms with Gasteiger partial charge in [-0.1, -0.05) is 36.4 Å². The molecule has 0 aliphatic heterocycles. The van der Waals surface area contributed by atoms with Crippen LogP contribution < -0.4 is 5.32 Å². The molecule has 2 rings (SSSR count). The molecule has 0 bridgehead atoms.